The minimum absolute atomic E-state index is 0.0226. The maximum atomic E-state index is 13.2. The van der Waals surface area contributed by atoms with Crippen molar-refractivity contribution in [2.45, 2.75) is 57.5 Å². The van der Waals surface area contributed by atoms with E-state index in [9.17, 15) is 14.7 Å². The van der Waals surface area contributed by atoms with Crippen molar-refractivity contribution < 1.29 is 19.4 Å². The summed E-state index contributed by atoms with van der Waals surface area (Å²) in [6.45, 7) is 2.62. The molecule has 1 saturated carbocycles. The zero-order valence-corrected chi connectivity index (χ0v) is 17.8. The number of rotatable bonds is 3. The lowest BCUT2D eigenvalue weighted by atomic mass is 9.90. The van der Waals surface area contributed by atoms with Crippen molar-refractivity contribution in [3.63, 3.8) is 0 Å². The van der Waals surface area contributed by atoms with Gasteiger partial charge in [0.25, 0.3) is 11.7 Å². The molecule has 0 radical (unpaired) electrons. The molecule has 5 heteroatoms. The number of carbonyl (C=O) groups is 2. The highest BCUT2D eigenvalue weighted by molar-refractivity contribution is 6.46. The van der Waals surface area contributed by atoms with Gasteiger partial charge in [0.15, 0.2) is 0 Å². The monoisotopic (exact) mass is 417 g/mol. The van der Waals surface area contributed by atoms with E-state index in [4.69, 9.17) is 4.74 Å². The molecule has 1 unspecified atom stereocenters. The molecule has 2 aromatic rings. The minimum Gasteiger partial charge on any atom is -0.507 e. The fourth-order valence-electron chi connectivity index (χ4n) is 5.24. The van der Waals surface area contributed by atoms with Crippen molar-refractivity contribution in [2.24, 2.45) is 0 Å². The Labute approximate surface area is 182 Å². The molecule has 3 aliphatic rings. The fourth-order valence-corrected chi connectivity index (χ4v) is 5.24. The van der Waals surface area contributed by atoms with Crippen molar-refractivity contribution >= 4 is 17.4 Å². The Hall–Kier alpha value is -3.08. The molecule has 0 bridgehead atoms. The smallest absolute Gasteiger partial charge is 0.295 e. The van der Waals surface area contributed by atoms with Crippen LogP contribution in [-0.4, -0.2) is 34.3 Å². The van der Waals surface area contributed by atoms with E-state index in [1.165, 1.54) is 0 Å². The number of hydrogen-bond donors (Lipinski definition) is 1. The molecular weight excluding hydrogens is 390 g/mol. The quantitative estimate of drug-likeness (QED) is 0.447. The number of ether oxygens (including phenoxy) is 1. The lowest BCUT2D eigenvalue weighted by Crippen LogP contribution is -2.40. The number of Topliss-reactive ketones (excluding diaryl/α,β-unsaturated/α-hetero) is 1. The summed E-state index contributed by atoms with van der Waals surface area (Å²) in [6.07, 6.45) is 5.83. The van der Waals surface area contributed by atoms with Gasteiger partial charge in [0.05, 0.1) is 18.2 Å². The molecule has 31 heavy (non-hydrogen) atoms. The summed E-state index contributed by atoms with van der Waals surface area (Å²) in [5.74, 6) is -0.372. The molecule has 0 spiro atoms. The number of fused-ring (bicyclic) bond motifs is 1. The Morgan fingerprint density at radius 2 is 1.87 bits per heavy atom. The predicted octanol–water partition coefficient (Wildman–Crippen LogP) is 4.68. The number of benzene rings is 2. The molecule has 1 aliphatic carbocycles. The van der Waals surface area contributed by atoms with Crippen LogP contribution >= 0.6 is 0 Å². The van der Waals surface area contributed by atoms with Gasteiger partial charge in [0, 0.05) is 18.0 Å². The number of carbonyl (C=O) groups excluding carboxylic acids is 2. The van der Waals surface area contributed by atoms with Gasteiger partial charge < -0.3 is 14.7 Å². The molecule has 5 rings (SSSR count). The molecule has 2 heterocycles. The number of likely N-dealkylation sites (tertiary alicyclic amines) is 1. The van der Waals surface area contributed by atoms with Crippen LogP contribution in [0.3, 0.4) is 0 Å². The van der Waals surface area contributed by atoms with Crippen LogP contribution in [0.2, 0.25) is 0 Å². The van der Waals surface area contributed by atoms with Crippen molar-refractivity contribution in [1.29, 1.82) is 0 Å². The lowest BCUT2D eigenvalue weighted by Gasteiger charge is -2.35. The first-order valence-electron chi connectivity index (χ1n) is 11.2. The third-order valence-electron chi connectivity index (χ3n) is 6.77. The Morgan fingerprint density at radius 1 is 1.06 bits per heavy atom. The first-order valence-corrected chi connectivity index (χ1v) is 11.2. The van der Waals surface area contributed by atoms with Gasteiger partial charge in [-0.25, -0.2) is 0 Å². The van der Waals surface area contributed by atoms with E-state index in [0.717, 1.165) is 61.0 Å². The maximum Gasteiger partial charge on any atom is 0.295 e. The van der Waals surface area contributed by atoms with Gasteiger partial charge in [-0.1, -0.05) is 49.1 Å². The van der Waals surface area contributed by atoms with Gasteiger partial charge in [-0.15, -0.1) is 0 Å². The summed E-state index contributed by atoms with van der Waals surface area (Å²) in [6, 6.07) is 12.8. The Kier molecular flexibility index (Phi) is 5.05. The number of aliphatic hydroxyl groups excluding tert-OH is 1. The topological polar surface area (TPSA) is 66.8 Å². The number of nitrogens with zero attached hydrogens (tertiary/aromatic N) is 1. The van der Waals surface area contributed by atoms with Crippen LogP contribution in [0.5, 0.6) is 5.75 Å². The molecule has 1 saturated heterocycles. The zero-order chi connectivity index (χ0) is 21.5. The van der Waals surface area contributed by atoms with Gasteiger partial charge >= 0.3 is 0 Å². The summed E-state index contributed by atoms with van der Waals surface area (Å²) >= 11 is 0. The van der Waals surface area contributed by atoms with E-state index >= 15 is 0 Å². The normalized spacial score (nSPS) is 23.1. The number of hydrogen-bond acceptors (Lipinski definition) is 4. The van der Waals surface area contributed by atoms with Gasteiger partial charge in [0.2, 0.25) is 0 Å². The van der Waals surface area contributed by atoms with Crippen LogP contribution in [0.15, 0.2) is 48.0 Å². The van der Waals surface area contributed by atoms with Crippen LogP contribution in [0, 0.1) is 6.92 Å². The first-order chi connectivity index (χ1) is 15.0. The largest absolute Gasteiger partial charge is 0.507 e. The van der Waals surface area contributed by atoms with Crippen LogP contribution in [0.4, 0.5) is 0 Å². The number of aliphatic hydroxyl groups is 1. The summed E-state index contributed by atoms with van der Waals surface area (Å²) in [5.41, 5.74) is 3.69. The molecule has 1 N–H and O–H groups in total. The van der Waals surface area contributed by atoms with E-state index in [-0.39, 0.29) is 17.4 Å². The fraction of sp³-hybridized carbons (Fsp3) is 0.385. The molecule has 1 atom stereocenters. The second kappa shape index (κ2) is 7.88. The molecule has 160 valence electrons. The van der Waals surface area contributed by atoms with Crippen LogP contribution < -0.4 is 4.74 Å². The molecule has 5 nitrogen and oxygen atoms in total. The Bertz CT molecular complexity index is 1080. The number of aryl methyl sites for hydroxylation is 1. The van der Waals surface area contributed by atoms with Gasteiger partial charge in [-0.05, 0) is 49.1 Å². The molecule has 1 amide bonds. The highest BCUT2D eigenvalue weighted by atomic mass is 16.5. The van der Waals surface area contributed by atoms with Crippen molar-refractivity contribution in [3.05, 3.63) is 70.3 Å². The Morgan fingerprint density at radius 3 is 2.65 bits per heavy atom. The van der Waals surface area contributed by atoms with Gasteiger partial charge in [-0.3, -0.25) is 9.59 Å². The van der Waals surface area contributed by atoms with Crippen LogP contribution in [-0.2, 0) is 16.0 Å². The maximum absolute atomic E-state index is 13.2. The minimum atomic E-state index is -0.591. The standard InChI is InChI=1S/C26H27NO4/c1-16-6-5-7-18(14-16)23-22(24(28)19-10-11-21-17(15-19)12-13-31-21)25(29)26(30)27(23)20-8-3-2-4-9-20/h5-7,10-11,14-15,20,23,28H,2-4,8-9,12-13H2,1H3/b24-22-. The average molecular weight is 418 g/mol. The summed E-state index contributed by atoms with van der Waals surface area (Å²) in [5, 5.41) is 11.3. The molecule has 2 aliphatic heterocycles. The zero-order valence-electron chi connectivity index (χ0n) is 17.8. The number of amides is 1. The summed E-state index contributed by atoms with van der Waals surface area (Å²) < 4.78 is 5.57. The van der Waals surface area contributed by atoms with E-state index in [0.29, 0.717) is 12.2 Å². The van der Waals surface area contributed by atoms with Crippen LogP contribution in [0.25, 0.3) is 5.76 Å². The summed E-state index contributed by atoms with van der Waals surface area (Å²) in [4.78, 5) is 28.2. The van der Waals surface area contributed by atoms with Crippen molar-refractivity contribution in [1.82, 2.24) is 4.90 Å². The van der Waals surface area contributed by atoms with Crippen LogP contribution in [0.1, 0.15) is 60.4 Å². The highest BCUT2D eigenvalue weighted by Gasteiger charge is 2.48. The van der Waals surface area contributed by atoms with E-state index in [1.807, 2.05) is 43.3 Å². The molecule has 2 aromatic carbocycles. The van der Waals surface area contributed by atoms with E-state index < -0.39 is 17.7 Å². The third-order valence-corrected chi connectivity index (χ3v) is 6.77. The van der Waals surface area contributed by atoms with E-state index in [1.54, 1.807) is 11.0 Å². The van der Waals surface area contributed by atoms with Crippen molar-refractivity contribution in [2.75, 3.05) is 6.61 Å². The first kappa shape index (κ1) is 19.9. The molecular formula is C26H27NO4. The highest BCUT2D eigenvalue weighted by Crippen LogP contribution is 2.43. The number of ketones is 1. The SMILES string of the molecule is Cc1cccc(C2/C(=C(/O)c3ccc4c(c3)CCO4)C(=O)C(=O)N2C2CCCCC2)c1. The summed E-state index contributed by atoms with van der Waals surface area (Å²) in [7, 11) is 0. The average Bonchev–Trinajstić information content (AvgIpc) is 3.36. The van der Waals surface area contributed by atoms with Crippen molar-refractivity contribution in [3.8, 4) is 5.75 Å². The predicted molar refractivity (Wildman–Crippen MR) is 118 cm³/mol. The molecule has 0 aromatic heterocycles. The van der Waals surface area contributed by atoms with Gasteiger partial charge in [0.1, 0.15) is 11.5 Å². The third kappa shape index (κ3) is 3.42. The second-order valence-corrected chi connectivity index (χ2v) is 8.83. The second-order valence-electron chi connectivity index (χ2n) is 8.83. The molecule has 2 fully saturated rings. The van der Waals surface area contributed by atoms with E-state index in [2.05, 4.69) is 0 Å². The lowest BCUT2D eigenvalue weighted by molar-refractivity contribution is -0.141. The van der Waals surface area contributed by atoms with Gasteiger partial charge in [-0.2, -0.15) is 0 Å². The Balaban J connectivity index is 1.65.